The summed E-state index contributed by atoms with van der Waals surface area (Å²) in [7, 11) is 1.61. The second kappa shape index (κ2) is 11.6. The molecule has 5 aromatic rings. The van der Waals surface area contributed by atoms with E-state index in [0.717, 1.165) is 39.9 Å². The number of amides is 2. The Morgan fingerprint density at radius 1 is 0.872 bits per heavy atom. The van der Waals surface area contributed by atoms with Gasteiger partial charge in [-0.1, -0.05) is 67.6 Å². The first-order chi connectivity index (χ1) is 19.1. The molecule has 0 spiro atoms. The maximum absolute atomic E-state index is 13.4. The number of carbonyl (C=O) groups excluding carboxylic acids is 2. The predicted molar refractivity (Wildman–Crippen MR) is 154 cm³/mol. The first kappa shape index (κ1) is 25.7. The van der Waals surface area contributed by atoms with Crippen molar-refractivity contribution >= 4 is 28.4 Å². The molecule has 0 fully saturated rings. The van der Waals surface area contributed by atoms with Crippen LogP contribution in [0.15, 0.2) is 103 Å². The molecule has 0 atom stereocenters. The number of hydrogen-bond donors (Lipinski definition) is 1. The number of nitrogens with one attached hydrogen (secondary N) is 1. The van der Waals surface area contributed by atoms with Crippen LogP contribution in [0.25, 0.3) is 27.7 Å². The molecule has 1 heterocycles. The summed E-state index contributed by atoms with van der Waals surface area (Å²) in [6.07, 6.45) is 0.731. The van der Waals surface area contributed by atoms with Crippen LogP contribution >= 0.6 is 0 Å². The molecule has 39 heavy (non-hydrogen) atoms. The van der Waals surface area contributed by atoms with E-state index in [9.17, 15) is 9.59 Å². The van der Waals surface area contributed by atoms with Crippen molar-refractivity contribution < 1.29 is 14.3 Å². The number of hydrogen-bond acceptors (Lipinski definition) is 4. The lowest BCUT2D eigenvalue weighted by atomic mass is 10.1. The summed E-state index contributed by atoms with van der Waals surface area (Å²) >= 11 is 0. The predicted octanol–water partition coefficient (Wildman–Crippen LogP) is 6.19. The van der Waals surface area contributed by atoms with E-state index >= 15 is 0 Å². The summed E-state index contributed by atoms with van der Waals surface area (Å²) in [6, 6.07) is 32.6. The Kier molecular flexibility index (Phi) is 7.68. The van der Waals surface area contributed by atoms with Crippen molar-refractivity contribution in [2.75, 3.05) is 25.5 Å². The Labute approximate surface area is 227 Å². The van der Waals surface area contributed by atoms with Gasteiger partial charge in [-0.25, -0.2) is 4.68 Å². The number of methoxy groups -OCH3 is 1. The van der Waals surface area contributed by atoms with Crippen LogP contribution in [0.4, 0.5) is 5.82 Å². The van der Waals surface area contributed by atoms with Gasteiger partial charge >= 0.3 is 0 Å². The summed E-state index contributed by atoms with van der Waals surface area (Å²) in [5, 5.41) is 9.81. The van der Waals surface area contributed by atoms with Gasteiger partial charge in [-0.05, 0) is 53.6 Å². The van der Waals surface area contributed by atoms with Crippen molar-refractivity contribution in [1.29, 1.82) is 0 Å². The van der Waals surface area contributed by atoms with Crippen molar-refractivity contribution in [2.45, 2.75) is 13.3 Å². The minimum absolute atomic E-state index is 0.0754. The van der Waals surface area contributed by atoms with Crippen LogP contribution in [0.5, 0.6) is 5.75 Å². The van der Waals surface area contributed by atoms with Gasteiger partial charge in [0, 0.05) is 23.7 Å². The van der Waals surface area contributed by atoms with Gasteiger partial charge in [0.1, 0.15) is 18.1 Å². The van der Waals surface area contributed by atoms with Gasteiger partial charge in [0.15, 0.2) is 0 Å². The summed E-state index contributed by atoms with van der Waals surface area (Å²) in [5.41, 5.74) is 2.98. The molecule has 0 radical (unpaired) electrons. The minimum atomic E-state index is -0.299. The molecule has 0 aliphatic heterocycles. The normalized spacial score (nSPS) is 10.8. The average molecular weight is 519 g/mol. The number of fused-ring (bicyclic) bond motifs is 1. The number of benzene rings is 4. The van der Waals surface area contributed by atoms with Gasteiger partial charge in [0.05, 0.1) is 18.5 Å². The zero-order valence-electron chi connectivity index (χ0n) is 22.0. The first-order valence-corrected chi connectivity index (χ1v) is 12.9. The Hall–Kier alpha value is -4.91. The van der Waals surface area contributed by atoms with Crippen molar-refractivity contribution in [3.05, 3.63) is 109 Å². The van der Waals surface area contributed by atoms with Gasteiger partial charge in [-0.2, -0.15) is 5.10 Å². The van der Waals surface area contributed by atoms with E-state index in [2.05, 4.69) is 5.32 Å². The van der Waals surface area contributed by atoms with E-state index in [4.69, 9.17) is 9.84 Å². The highest BCUT2D eigenvalue weighted by Gasteiger charge is 2.20. The Balaban J connectivity index is 1.40. The zero-order chi connectivity index (χ0) is 27.2. The monoisotopic (exact) mass is 518 g/mol. The van der Waals surface area contributed by atoms with Crippen LogP contribution < -0.4 is 10.1 Å². The average Bonchev–Trinajstić information content (AvgIpc) is 3.40. The fourth-order valence-electron chi connectivity index (χ4n) is 4.52. The maximum Gasteiger partial charge on any atom is 0.254 e. The van der Waals surface area contributed by atoms with E-state index in [1.54, 1.807) is 16.7 Å². The molecule has 7 nitrogen and oxygen atoms in total. The van der Waals surface area contributed by atoms with Crippen molar-refractivity contribution in [2.24, 2.45) is 0 Å². The molecule has 7 heteroatoms. The van der Waals surface area contributed by atoms with E-state index in [-0.39, 0.29) is 18.4 Å². The molecule has 0 bridgehead atoms. The van der Waals surface area contributed by atoms with Crippen molar-refractivity contribution in [3.8, 4) is 22.7 Å². The quantitative estimate of drug-likeness (QED) is 0.252. The lowest BCUT2D eigenvalue weighted by Crippen LogP contribution is -2.38. The molecule has 0 saturated carbocycles. The molecule has 5 rings (SSSR count). The number of carbonyl (C=O) groups is 2. The molecule has 0 aliphatic rings. The van der Waals surface area contributed by atoms with Crippen LogP contribution in [-0.2, 0) is 4.79 Å². The fraction of sp³-hybridized carbons (Fsp3) is 0.156. The van der Waals surface area contributed by atoms with Crippen molar-refractivity contribution in [1.82, 2.24) is 14.7 Å². The summed E-state index contributed by atoms with van der Waals surface area (Å²) < 4.78 is 6.98. The Morgan fingerprint density at radius 2 is 1.59 bits per heavy atom. The van der Waals surface area contributed by atoms with E-state index in [0.29, 0.717) is 17.9 Å². The largest absolute Gasteiger partial charge is 0.497 e. The number of nitrogens with zero attached hydrogens (tertiary/aromatic N) is 3. The van der Waals surface area contributed by atoms with Gasteiger partial charge in [-0.3, -0.25) is 9.59 Å². The van der Waals surface area contributed by atoms with Crippen molar-refractivity contribution in [3.63, 3.8) is 0 Å². The molecule has 1 aromatic heterocycles. The molecule has 0 aliphatic carbocycles. The van der Waals surface area contributed by atoms with Crippen LogP contribution in [-0.4, -0.2) is 46.7 Å². The second-order valence-corrected chi connectivity index (χ2v) is 9.23. The smallest absolute Gasteiger partial charge is 0.254 e. The standard InChI is InChI=1S/C32H30N4O3/c1-3-19-35(32(38)26-14-13-23-9-7-8-12-25(23)20-26)22-31(37)33-30-21-29(24-10-5-4-6-11-24)34-36(30)27-15-17-28(39-2)18-16-27/h4-18,20-21H,3,19,22H2,1-2H3,(H,33,37). The van der Waals surface area contributed by atoms with Crippen LogP contribution in [0.1, 0.15) is 23.7 Å². The molecule has 2 amide bonds. The fourth-order valence-corrected chi connectivity index (χ4v) is 4.52. The van der Waals surface area contributed by atoms with E-state index < -0.39 is 0 Å². The minimum Gasteiger partial charge on any atom is -0.497 e. The van der Waals surface area contributed by atoms with Crippen LogP contribution in [0.2, 0.25) is 0 Å². The van der Waals surface area contributed by atoms with E-state index in [1.165, 1.54) is 0 Å². The van der Waals surface area contributed by atoms with Crippen LogP contribution in [0, 0.1) is 0 Å². The summed E-state index contributed by atoms with van der Waals surface area (Å²) in [6.45, 7) is 2.38. The zero-order valence-corrected chi connectivity index (χ0v) is 22.0. The number of ether oxygens (including phenoxy) is 1. The lowest BCUT2D eigenvalue weighted by Gasteiger charge is -2.22. The second-order valence-electron chi connectivity index (χ2n) is 9.23. The van der Waals surface area contributed by atoms with Gasteiger partial charge in [-0.15, -0.1) is 0 Å². The number of rotatable bonds is 9. The molecule has 1 N–H and O–H groups in total. The third kappa shape index (κ3) is 5.83. The first-order valence-electron chi connectivity index (χ1n) is 12.9. The molecular weight excluding hydrogens is 488 g/mol. The highest BCUT2D eigenvalue weighted by molar-refractivity contribution is 6.01. The van der Waals surface area contributed by atoms with Gasteiger partial charge in [0.25, 0.3) is 5.91 Å². The van der Waals surface area contributed by atoms with Gasteiger partial charge in [0.2, 0.25) is 5.91 Å². The van der Waals surface area contributed by atoms with Crippen LogP contribution in [0.3, 0.4) is 0 Å². The molecular formula is C32H30N4O3. The highest BCUT2D eigenvalue weighted by Crippen LogP contribution is 2.26. The number of anilines is 1. The van der Waals surface area contributed by atoms with Gasteiger partial charge < -0.3 is 15.0 Å². The number of aromatic nitrogens is 2. The summed E-state index contributed by atoms with van der Waals surface area (Å²) in [4.78, 5) is 28.3. The SMILES string of the molecule is CCCN(CC(=O)Nc1cc(-c2ccccc2)nn1-c1ccc(OC)cc1)C(=O)c1ccc2ccccc2c1. The molecule has 196 valence electrons. The molecule has 0 unspecified atom stereocenters. The lowest BCUT2D eigenvalue weighted by molar-refractivity contribution is -0.116. The topological polar surface area (TPSA) is 76.5 Å². The highest BCUT2D eigenvalue weighted by atomic mass is 16.5. The molecule has 0 saturated heterocycles. The Bertz CT molecular complexity index is 1590. The Morgan fingerprint density at radius 3 is 2.31 bits per heavy atom. The third-order valence-electron chi connectivity index (χ3n) is 6.48. The summed E-state index contributed by atoms with van der Waals surface area (Å²) in [5.74, 6) is 0.763. The van der Waals surface area contributed by atoms with E-state index in [1.807, 2.05) is 110 Å². The molecule has 4 aromatic carbocycles. The maximum atomic E-state index is 13.4. The third-order valence-corrected chi connectivity index (χ3v) is 6.48.